The fourth-order valence-electron chi connectivity index (χ4n) is 2.66. The number of nitro groups is 1. The van der Waals surface area contributed by atoms with Crippen molar-refractivity contribution in [1.82, 2.24) is 0 Å². The summed E-state index contributed by atoms with van der Waals surface area (Å²) < 4.78 is 0. The first-order chi connectivity index (χ1) is 9.32. The van der Waals surface area contributed by atoms with Crippen LogP contribution >= 0.6 is 0 Å². The summed E-state index contributed by atoms with van der Waals surface area (Å²) in [4.78, 5) is 12.7. The van der Waals surface area contributed by atoms with Crippen LogP contribution in [0.3, 0.4) is 0 Å². The minimum atomic E-state index is -0.487. The molecule has 0 aliphatic carbocycles. The van der Waals surface area contributed by atoms with E-state index in [0.717, 1.165) is 25.2 Å². The van der Waals surface area contributed by atoms with Gasteiger partial charge in [-0.15, -0.1) is 0 Å². The Labute approximate surface area is 119 Å². The van der Waals surface area contributed by atoms with E-state index in [1.165, 1.54) is 12.1 Å². The number of nitrogens with zero attached hydrogens (tertiary/aromatic N) is 3. The van der Waals surface area contributed by atoms with Crippen molar-refractivity contribution in [3.8, 4) is 6.07 Å². The zero-order valence-electron chi connectivity index (χ0n) is 12.1. The standard InChI is InChI=1S/C15H19N3O2/c1-15(2,3)12-6-7-17(10-12)13-5-4-11(9-16)14(8-13)18(19)20/h4-5,8,12H,6-7,10H2,1-3H3. The molecule has 0 amide bonds. The smallest absolute Gasteiger partial charge is 0.289 e. The van der Waals surface area contributed by atoms with Crippen LogP contribution in [0, 0.1) is 32.8 Å². The molecular weight excluding hydrogens is 254 g/mol. The molecule has 0 radical (unpaired) electrons. The molecular formula is C15H19N3O2. The highest BCUT2D eigenvalue weighted by atomic mass is 16.6. The summed E-state index contributed by atoms with van der Waals surface area (Å²) in [5.41, 5.74) is 1.09. The van der Waals surface area contributed by atoms with E-state index in [9.17, 15) is 10.1 Å². The molecule has 0 aromatic heterocycles. The SMILES string of the molecule is CC(C)(C)C1CCN(c2ccc(C#N)c([N+](=O)[O-])c2)C1. The van der Waals surface area contributed by atoms with Crippen molar-refractivity contribution in [2.45, 2.75) is 27.2 Å². The number of hydrogen-bond donors (Lipinski definition) is 0. The van der Waals surface area contributed by atoms with Crippen molar-refractivity contribution in [2.75, 3.05) is 18.0 Å². The van der Waals surface area contributed by atoms with Crippen molar-refractivity contribution in [1.29, 1.82) is 5.26 Å². The summed E-state index contributed by atoms with van der Waals surface area (Å²) in [6, 6.07) is 6.73. The summed E-state index contributed by atoms with van der Waals surface area (Å²) in [7, 11) is 0. The van der Waals surface area contributed by atoms with Crippen LogP contribution in [0.2, 0.25) is 0 Å². The molecule has 106 valence electrons. The summed E-state index contributed by atoms with van der Waals surface area (Å²) in [5, 5.41) is 19.9. The maximum absolute atomic E-state index is 11.0. The summed E-state index contributed by atoms with van der Waals surface area (Å²) >= 11 is 0. The van der Waals surface area contributed by atoms with Gasteiger partial charge in [0.2, 0.25) is 0 Å². The quantitative estimate of drug-likeness (QED) is 0.612. The van der Waals surface area contributed by atoms with Gasteiger partial charge in [0.1, 0.15) is 11.6 Å². The van der Waals surface area contributed by atoms with Crippen LogP contribution in [0.1, 0.15) is 32.8 Å². The molecule has 1 atom stereocenters. The molecule has 2 rings (SSSR count). The van der Waals surface area contributed by atoms with Gasteiger partial charge in [0.15, 0.2) is 0 Å². The molecule has 1 aliphatic heterocycles. The maximum Gasteiger partial charge on any atom is 0.289 e. The third-order valence-electron chi connectivity index (χ3n) is 4.08. The van der Waals surface area contributed by atoms with Crippen LogP contribution < -0.4 is 4.90 Å². The van der Waals surface area contributed by atoms with Gasteiger partial charge in [0.05, 0.1) is 4.92 Å². The molecule has 1 fully saturated rings. The molecule has 5 heteroatoms. The maximum atomic E-state index is 11.0. The number of hydrogen-bond acceptors (Lipinski definition) is 4. The highest BCUT2D eigenvalue weighted by molar-refractivity contribution is 5.60. The van der Waals surface area contributed by atoms with Crippen molar-refractivity contribution in [3.05, 3.63) is 33.9 Å². The molecule has 0 spiro atoms. The van der Waals surface area contributed by atoms with Gasteiger partial charge in [0.25, 0.3) is 5.69 Å². The molecule has 1 aromatic carbocycles. The van der Waals surface area contributed by atoms with E-state index in [1.807, 2.05) is 6.07 Å². The van der Waals surface area contributed by atoms with Gasteiger partial charge in [-0.3, -0.25) is 10.1 Å². The van der Waals surface area contributed by atoms with E-state index in [-0.39, 0.29) is 16.7 Å². The average Bonchev–Trinajstić information content (AvgIpc) is 2.87. The molecule has 1 unspecified atom stereocenters. The Hall–Kier alpha value is -2.09. The second kappa shape index (κ2) is 5.12. The Morgan fingerprint density at radius 2 is 2.15 bits per heavy atom. The van der Waals surface area contributed by atoms with E-state index in [0.29, 0.717) is 5.92 Å². The molecule has 1 heterocycles. The van der Waals surface area contributed by atoms with Gasteiger partial charge in [0, 0.05) is 24.8 Å². The molecule has 1 saturated heterocycles. The predicted molar refractivity (Wildman–Crippen MR) is 77.6 cm³/mol. The van der Waals surface area contributed by atoms with E-state index in [4.69, 9.17) is 5.26 Å². The number of nitriles is 1. The van der Waals surface area contributed by atoms with E-state index in [1.54, 1.807) is 6.07 Å². The lowest BCUT2D eigenvalue weighted by Crippen LogP contribution is -2.25. The molecule has 20 heavy (non-hydrogen) atoms. The van der Waals surface area contributed by atoms with Gasteiger partial charge in [-0.05, 0) is 29.9 Å². The van der Waals surface area contributed by atoms with E-state index >= 15 is 0 Å². The molecule has 0 N–H and O–H groups in total. The third-order valence-corrected chi connectivity index (χ3v) is 4.08. The van der Waals surface area contributed by atoms with Crippen LogP contribution in [-0.2, 0) is 0 Å². The topological polar surface area (TPSA) is 70.2 Å². The molecule has 5 nitrogen and oxygen atoms in total. The Bertz CT molecular complexity index is 569. The zero-order valence-corrected chi connectivity index (χ0v) is 12.1. The number of benzene rings is 1. The van der Waals surface area contributed by atoms with Crippen LogP contribution in [0.5, 0.6) is 0 Å². The molecule has 0 bridgehead atoms. The van der Waals surface area contributed by atoms with Gasteiger partial charge in [-0.2, -0.15) is 5.26 Å². The first-order valence-electron chi connectivity index (χ1n) is 6.76. The van der Waals surface area contributed by atoms with Crippen LogP contribution in [0.25, 0.3) is 0 Å². The monoisotopic (exact) mass is 273 g/mol. The van der Waals surface area contributed by atoms with Gasteiger partial charge >= 0.3 is 0 Å². The highest BCUT2D eigenvalue weighted by Gasteiger charge is 2.32. The fraction of sp³-hybridized carbons (Fsp3) is 0.533. The summed E-state index contributed by atoms with van der Waals surface area (Å²) in [6.45, 7) is 8.49. The third kappa shape index (κ3) is 2.74. The first-order valence-corrected chi connectivity index (χ1v) is 6.76. The first kappa shape index (κ1) is 14.3. The minimum absolute atomic E-state index is 0.107. The zero-order chi connectivity index (χ0) is 14.9. The molecule has 1 aliphatic rings. The second-order valence-electron chi connectivity index (χ2n) is 6.37. The van der Waals surface area contributed by atoms with Crippen LogP contribution in [-0.4, -0.2) is 18.0 Å². The predicted octanol–water partition coefficient (Wildman–Crippen LogP) is 3.34. The minimum Gasteiger partial charge on any atom is -0.371 e. The number of nitro benzene ring substituents is 1. The van der Waals surface area contributed by atoms with Crippen molar-refractivity contribution < 1.29 is 4.92 Å². The van der Waals surface area contributed by atoms with Crippen LogP contribution in [0.4, 0.5) is 11.4 Å². The Kier molecular flexibility index (Phi) is 3.67. The summed E-state index contributed by atoms with van der Waals surface area (Å²) in [6.07, 6.45) is 1.09. The van der Waals surface area contributed by atoms with E-state index < -0.39 is 4.92 Å². The summed E-state index contributed by atoms with van der Waals surface area (Å²) in [5.74, 6) is 0.581. The lowest BCUT2D eigenvalue weighted by atomic mass is 9.80. The number of rotatable bonds is 2. The molecule has 1 aromatic rings. The fourth-order valence-corrected chi connectivity index (χ4v) is 2.66. The van der Waals surface area contributed by atoms with Crippen molar-refractivity contribution >= 4 is 11.4 Å². The number of anilines is 1. The van der Waals surface area contributed by atoms with Crippen molar-refractivity contribution in [3.63, 3.8) is 0 Å². The van der Waals surface area contributed by atoms with Gasteiger partial charge in [-0.1, -0.05) is 20.8 Å². The normalized spacial score (nSPS) is 18.9. The lowest BCUT2D eigenvalue weighted by molar-refractivity contribution is -0.385. The molecule has 0 saturated carbocycles. The lowest BCUT2D eigenvalue weighted by Gasteiger charge is -2.27. The van der Waals surface area contributed by atoms with E-state index in [2.05, 4.69) is 25.7 Å². The van der Waals surface area contributed by atoms with Crippen LogP contribution in [0.15, 0.2) is 18.2 Å². The average molecular weight is 273 g/mol. The Morgan fingerprint density at radius 3 is 2.65 bits per heavy atom. The highest BCUT2D eigenvalue weighted by Crippen LogP contribution is 2.36. The second-order valence-corrected chi connectivity index (χ2v) is 6.37. The van der Waals surface area contributed by atoms with Gasteiger partial charge < -0.3 is 4.90 Å². The Morgan fingerprint density at radius 1 is 1.45 bits per heavy atom. The Balaban J connectivity index is 2.26. The largest absolute Gasteiger partial charge is 0.371 e. The van der Waals surface area contributed by atoms with Gasteiger partial charge in [-0.25, -0.2) is 0 Å². The van der Waals surface area contributed by atoms with Crippen molar-refractivity contribution in [2.24, 2.45) is 11.3 Å².